The van der Waals surface area contributed by atoms with E-state index < -0.39 is 23.2 Å². The van der Waals surface area contributed by atoms with E-state index in [-0.39, 0.29) is 24.8 Å². The Hall–Kier alpha value is -0.617. The van der Waals surface area contributed by atoms with E-state index in [2.05, 4.69) is 76.3 Å². The number of halogens is 2. The standard InChI is InChI=1S/2C11H11.2ClH.Zr/c2*1-8-6-9(2)11-5-3-4-10(11)7-8;;;/h2*3-7H,1-2H3;2*1H;/q;;;;+2/p-2. The molecule has 0 spiro atoms. The van der Waals surface area contributed by atoms with E-state index in [4.69, 9.17) is 0 Å². The molecule has 4 rings (SSSR count). The van der Waals surface area contributed by atoms with E-state index in [0.29, 0.717) is 7.25 Å². The van der Waals surface area contributed by atoms with Crippen molar-refractivity contribution in [2.45, 2.75) is 34.9 Å². The molecule has 128 valence electrons. The monoisotopic (exact) mass is 446 g/mol. The number of hydrogen-bond donors (Lipinski definition) is 0. The maximum atomic E-state index is 2.48. The first kappa shape index (κ1) is 20.7. The molecule has 2 aromatic rings. The number of hydrogen-bond acceptors (Lipinski definition) is 0. The Morgan fingerprint density at radius 1 is 0.640 bits per heavy atom. The van der Waals surface area contributed by atoms with Crippen LogP contribution >= 0.6 is 0 Å². The van der Waals surface area contributed by atoms with Crippen LogP contribution in [0, 0.1) is 27.7 Å². The molecule has 3 heteroatoms. The second kappa shape index (κ2) is 7.95. The second-order valence-corrected chi connectivity index (χ2v) is 10.9. The average Bonchev–Trinajstić information content (AvgIpc) is 3.05. The Labute approximate surface area is 175 Å². The molecule has 2 unspecified atom stereocenters. The molecular formula is C22H22Cl2Zr. The summed E-state index contributed by atoms with van der Waals surface area (Å²) in [5.41, 5.74) is 11.9. The fourth-order valence-electron chi connectivity index (χ4n) is 4.07. The SMILES string of the molecule is Cc1cc(C)c2c(c1)[CH]([Zr+2][CH]1C=Cc3c(C)cc(C)cc31)C=C2.[Cl-].[Cl-]. The zero-order valence-corrected chi connectivity index (χ0v) is 19.0. The van der Waals surface area contributed by atoms with Crippen LogP contribution < -0.4 is 24.8 Å². The Morgan fingerprint density at radius 2 is 1.04 bits per heavy atom. The Kier molecular flexibility index (Phi) is 6.58. The molecule has 2 aliphatic carbocycles. The third kappa shape index (κ3) is 3.75. The minimum Gasteiger partial charge on any atom is -1.00 e. The van der Waals surface area contributed by atoms with Gasteiger partial charge < -0.3 is 24.8 Å². The molecule has 2 aromatic carbocycles. The van der Waals surface area contributed by atoms with E-state index >= 15 is 0 Å². The molecule has 0 radical (unpaired) electrons. The van der Waals surface area contributed by atoms with Gasteiger partial charge in [0, 0.05) is 0 Å². The van der Waals surface area contributed by atoms with Crippen molar-refractivity contribution in [1.29, 1.82) is 0 Å². The van der Waals surface area contributed by atoms with Crippen LogP contribution in [0.2, 0.25) is 0 Å². The van der Waals surface area contributed by atoms with Gasteiger partial charge in [0.2, 0.25) is 0 Å². The van der Waals surface area contributed by atoms with Gasteiger partial charge in [0.25, 0.3) is 0 Å². The van der Waals surface area contributed by atoms with Crippen molar-refractivity contribution in [3.8, 4) is 0 Å². The largest absolute Gasteiger partial charge is 1.00 e. The van der Waals surface area contributed by atoms with Gasteiger partial charge in [-0.1, -0.05) is 0 Å². The predicted octanol–water partition coefficient (Wildman–Crippen LogP) is -0.153. The summed E-state index contributed by atoms with van der Waals surface area (Å²) >= 11 is -0.620. The summed E-state index contributed by atoms with van der Waals surface area (Å²) in [4.78, 5) is 0. The molecule has 0 N–H and O–H groups in total. The van der Waals surface area contributed by atoms with Crippen molar-refractivity contribution in [2.24, 2.45) is 0 Å². The number of allylic oxidation sites excluding steroid dienone is 2. The molecule has 0 heterocycles. The number of rotatable bonds is 2. The van der Waals surface area contributed by atoms with Gasteiger partial charge in [0.15, 0.2) is 0 Å². The summed E-state index contributed by atoms with van der Waals surface area (Å²) in [5.74, 6) is 0. The first-order chi connectivity index (χ1) is 11.0. The van der Waals surface area contributed by atoms with Crippen LogP contribution in [-0.2, 0) is 23.2 Å². The fraction of sp³-hybridized carbons (Fsp3) is 0.273. The summed E-state index contributed by atoms with van der Waals surface area (Å²) in [6, 6.07) is 9.48. The molecule has 0 fully saturated rings. The van der Waals surface area contributed by atoms with E-state index in [9.17, 15) is 0 Å². The minimum absolute atomic E-state index is 0. The number of aryl methyl sites for hydroxylation is 4. The van der Waals surface area contributed by atoms with Gasteiger partial charge in [-0.15, -0.1) is 0 Å². The molecule has 0 aliphatic heterocycles. The maximum Gasteiger partial charge on any atom is -1.00 e. The van der Waals surface area contributed by atoms with Crippen molar-refractivity contribution >= 4 is 12.2 Å². The zero-order chi connectivity index (χ0) is 16.1. The molecule has 0 nitrogen and oxygen atoms in total. The molecule has 0 bridgehead atoms. The normalized spacial score (nSPS) is 18.9. The van der Waals surface area contributed by atoms with Gasteiger partial charge in [0.05, 0.1) is 0 Å². The summed E-state index contributed by atoms with van der Waals surface area (Å²) in [6.45, 7) is 8.96. The number of benzene rings is 2. The Morgan fingerprint density at radius 3 is 1.44 bits per heavy atom. The van der Waals surface area contributed by atoms with Crippen LogP contribution in [-0.4, -0.2) is 0 Å². The summed E-state index contributed by atoms with van der Waals surface area (Å²) in [5, 5.41) is 0. The van der Waals surface area contributed by atoms with Crippen molar-refractivity contribution in [3.63, 3.8) is 0 Å². The molecule has 0 amide bonds. The van der Waals surface area contributed by atoms with E-state index in [0.717, 1.165) is 0 Å². The first-order valence-corrected chi connectivity index (χ1v) is 11.2. The predicted molar refractivity (Wildman–Crippen MR) is 95.4 cm³/mol. The third-order valence-corrected chi connectivity index (χ3v) is 9.31. The topological polar surface area (TPSA) is 0 Å². The van der Waals surface area contributed by atoms with E-state index in [1.165, 1.54) is 33.4 Å². The van der Waals surface area contributed by atoms with E-state index in [1.807, 2.05) is 0 Å². The van der Waals surface area contributed by atoms with Crippen molar-refractivity contribution in [2.75, 3.05) is 0 Å². The van der Waals surface area contributed by atoms with Crippen LogP contribution in [0.3, 0.4) is 0 Å². The zero-order valence-electron chi connectivity index (χ0n) is 15.0. The molecule has 2 aliphatic rings. The van der Waals surface area contributed by atoms with Crippen molar-refractivity contribution in [3.05, 3.63) is 80.9 Å². The molecule has 0 saturated carbocycles. The first-order valence-electron chi connectivity index (χ1n) is 8.37. The third-order valence-electron chi connectivity index (χ3n) is 5.07. The average molecular weight is 449 g/mol. The minimum atomic E-state index is -0.620. The Balaban J connectivity index is 0.00000113. The van der Waals surface area contributed by atoms with Crippen LogP contribution in [0.4, 0.5) is 0 Å². The molecule has 25 heavy (non-hydrogen) atoms. The molecular weight excluding hydrogens is 426 g/mol. The van der Waals surface area contributed by atoms with Gasteiger partial charge in [-0.2, -0.15) is 0 Å². The quantitative estimate of drug-likeness (QED) is 0.600. The van der Waals surface area contributed by atoms with Gasteiger partial charge in [-0.05, 0) is 0 Å². The fourth-order valence-corrected chi connectivity index (χ4v) is 8.10. The number of fused-ring (bicyclic) bond motifs is 2. The van der Waals surface area contributed by atoms with Crippen molar-refractivity contribution in [1.82, 2.24) is 0 Å². The van der Waals surface area contributed by atoms with Crippen LogP contribution in [0.15, 0.2) is 36.4 Å². The molecule has 0 saturated heterocycles. The molecule has 2 atom stereocenters. The van der Waals surface area contributed by atoms with Gasteiger partial charge >= 0.3 is 151 Å². The van der Waals surface area contributed by atoms with Crippen LogP contribution in [0.25, 0.3) is 12.2 Å². The summed E-state index contributed by atoms with van der Waals surface area (Å²) in [6.07, 6.45) is 9.71. The van der Waals surface area contributed by atoms with Crippen LogP contribution in [0.5, 0.6) is 0 Å². The summed E-state index contributed by atoms with van der Waals surface area (Å²) in [7, 11) is 0. The van der Waals surface area contributed by atoms with Crippen molar-refractivity contribution < 1.29 is 48.0 Å². The second-order valence-electron chi connectivity index (χ2n) is 7.01. The Bertz CT molecular complexity index is 793. The van der Waals surface area contributed by atoms with Gasteiger partial charge in [-0.25, -0.2) is 0 Å². The summed E-state index contributed by atoms with van der Waals surface area (Å²) < 4.78 is 1.43. The van der Waals surface area contributed by atoms with Crippen LogP contribution in [0.1, 0.15) is 51.8 Å². The van der Waals surface area contributed by atoms with E-state index in [1.54, 1.807) is 11.1 Å². The maximum absolute atomic E-state index is 2.48. The molecule has 0 aromatic heterocycles. The van der Waals surface area contributed by atoms with Gasteiger partial charge in [0.1, 0.15) is 0 Å². The smallest absolute Gasteiger partial charge is 1.00 e. The van der Waals surface area contributed by atoms with Gasteiger partial charge in [-0.3, -0.25) is 0 Å².